The van der Waals surface area contributed by atoms with Crippen LogP contribution in [0.2, 0.25) is 5.02 Å². The Bertz CT molecular complexity index is 1210. The zero-order valence-corrected chi connectivity index (χ0v) is 18.8. The SMILES string of the molecule is COc1cc(-c2ccc3c(c2)Nc2ccc(C(Cl)CCC(N)=O)cc2NC3=O)ccc1Cl. The van der Waals surface area contributed by atoms with Crippen molar-refractivity contribution in [2.75, 3.05) is 17.7 Å². The number of halogens is 2. The highest BCUT2D eigenvalue weighted by molar-refractivity contribution is 6.32. The van der Waals surface area contributed by atoms with E-state index in [-0.39, 0.29) is 17.7 Å². The quantitative estimate of drug-likeness (QED) is 0.393. The van der Waals surface area contributed by atoms with Gasteiger partial charge in [-0.15, -0.1) is 11.6 Å². The number of carbonyl (C=O) groups is 2. The Morgan fingerprint density at radius 2 is 1.75 bits per heavy atom. The van der Waals surface area contributed by atoms with Gasteiger partial charge in [0.15, 0.2) is 0 Å². The van der Waals surface area contributed by atoms with Crippen LogP contribution in [0.3, 0.4) is 0 Å². The van der Waals surface area contributed by atoms with Gasteiger partial charge in [-0.2, -0.15) is 0 Å². The summed E-state index contributed by atoms with van der Waals surface area (Å²) in [5, 5.41) is 6.42. The Morgan fingerprint density at radius 3 is 2.50 bits per heavy atom. The molecule has 0 aliphatic carbocycles. The number of hydrogen-bond acceptors (Lipinski definition) is 4. The number of fused-ring (bicyclic) bond motifs is 2. The van der Waals surface area contributed by atoms with E-state index in [1.165, 1.54) is 0 Å². The van der Waals surface area contributed by atoms with E-state index in [0.717, 1.165) is 22.4 Å². The number of primary amides is 1. The average molecular weight is 470 g/mol. The Labute approximate surface area is 195 Å². The van der Waals surface area contributed by atoms with Crippen molar-refractivity contribution in [2.45, 2.75) is 18.2 Å². The molecule has 2 amide bonds. The van der Waals surface area contributed by atoms with Crippen molar-refractivity contribution < 1.29 is 14.3 Å². The molecule has 1 atom stereocenters. The normalized spacial score (nSPS) is 13.2. The lowest BCUT2D eigenvalue weighted by molar-refractivity contribution is -0.118. The van der Waals surface area contributed by atoms with Crippen LogP contribution in [0.5, 0.6) is 5.75 Å². The second kappa shape index (κ2) is 9.10. The predicted molar refractivity (Wildman–Crippen MR) is 128 cm³/mol. The fraction of sp³-hybridized carbons (Fsp3) is 0.167. The van der Waals surface area contributed by atoms with Gasteiger partial charge in [-0.3, -0.25) is 9.59 Å². The summed E-state index contributed by atoms with van der Waals surface area (Å²) in [5.74, 6) is -0.0495. The molecule has 3 aromatic carbocycles. The molecule has 164 valence electrons. The summed E-state index contributed by atoms with van der Waals surface area (Å²) in [6.45, 7) is 0. The van der Waals surface area contributed by atoms with Crippen molar-refractivity contribution >= 4 is 52.1 Å². The second-order valence-electron chi connectivity index (χ2n) is 7.47. The summed E-state index contributed by atoms with van der Waals surface area (Å²) in [7, 11) is 1.57. The number of benzene rings is 3. The first-order valence-electron chi connectivity index (χ1n) is 9.98. The average Bonchev–Trinajstić information content (AvgIpc) is 2.92. The van der Waals surface area contributed by atoms with Gasteiger partial charge < -0.3 is 21.1 Å². The minimum Gasteiger partial charge on any atom is -0.495 e. The predicted octanol–water partition coefficient (Wildman–Crippen LogP) is 5.87. The maximum absolute atomic E-state index is 12.9. The molecule has 1 unspecified atom stereocenters. The topological polar surface area (TPSA) is 93.4 Å². The standard InChI is InChI=1S/C24H21Cl2N3O3/c1-32-22-12-14(3-6-18(22)26)13-2-5-16-20(10-13)28-19-8-4-15(11-21(19)29-24(16)31)17(25)7-9-23(27)30/h2-6,8,10-12,17,28H,7,9H2,1H3,(H2,27,30)(H,29,31). The van der Waals surface area contributed by atoms with E-state index in [9.17, 15) is 9.59 Å². The molecule has 8 heteroatoms. The number of carbonyl (C=O) groups excluding carboxylic acids is 2. The van der Waals surface area contributed by atoms with Gasteiger partial charge in [0, 0.05) is 6.42 Å². The van der Waals surface area contributed by atoms with Crippen LogP contribution in [0.4, 0.5) is 17.1 Å². The fourth-order valence-corrected chi connectivity index (χ4v) is 4.04. The van der Waals surface area contributed by atoms with Gasteiger partial charge in [0.05, 0.1) is 40.1 Å². The monoisotopic (exact) mass is 469 g/mol. The third-order valence-corrected chi connectivity index (χ3v) is 6.10. The van der Waals surface area contributed by atoms with Crippen molar-refractivity contribution in [1.29, 1.82) is 0 Å². The van der Waals surface area contributed by atoms with Crippen LogP contribution in [0.25, 0.3) is 11.1 Å². The van der Waals surface area contributed by atoms with Crippen molar-refractivity contribution in [2.24, 2.45) is 5.73 Å². The summed E-state index contributed by atoms with van der Waals surface area (Å²) in [4.78, 5) is 23.9. The molecule has 0 saturated heterocycles. The molecule has 32 heavy (non-hydrogen) atoms. The number of ether oxygens (including phenoxy) is 1. The van der Waals surface area contributed by atoms with Crippen LogP contribution >= 0.6 is 23.2 Å². The molecule has 4 rings (SSSR count). The molecule has 1 aliphatic heterocycles. The number of amides is 2. The second-order valence-corrected chi connectivity index (χ2v) is 8.40. The number of nitrogens with two attached hydrogens (primary N) is 1. The summed E-state index contributed by atoms with van der Waals surface area (Å²) in [6, 6.07) is 16.6. The van der Waals surface area contributed by atoms with E-state index in [0.29, 0.717) is 34.1 Å². The highest BCUT2D eigenvalue weighted by Gasteiger charge is 2.21. The first-order valence-corrected chi connectivity index (χ1v) is 10.8. The molecule has 0 fully saturated rings. The van der Waals surface area contributed by atoms with Gasteiger partial charge in [-0.25, -0.2) is 0 Å². The zero-order valence-electron chi connectivity index (χ0n) is 17.2. The largest absolute Gasteiger partial charge is 0.495 e. The maximum atomic E-state index is 12.9. The zero-order chi connectivity index (χ0) is 22.8. The number of nitrogens with one attached hydrogen (secondary N) is 2. The van der Waals surface area contributed by atoms with Gasteiger partial charge in [-0.1, -0.05) is 29.8 Å². The Kier molecular flexibility index (Phi) is 6.26. The molecular formula is C24H21Cl2N3O3. The van der Waals surface area contributed by atoms with Crippen LogP contribution in [0, 0.1) is 0 Å². The van der Waals surface area contributed by atoms with Crippen molar-refractivity contribution in [3.05, 3.63) is 70.7 Å². The molecular weight excluding hydrogens is 449 g/mol. The van der Waals surface area contributed by atoms with Crippen LogP contribution in [-0.4, -0.2) is 18.9 Å². The molecule has 0 saturated carbocycles. The van der Waals surface area contributed by atoms with E-state index < -0.39 is 5.91 Å². The first kappa shape index (κ1) is 22.0. The number of anilines is 3. The summed E-state index contributed by atoms with van der Waals surface area (Å²) in [6.07, 6.45) is 0.616. The highest BCUT2D eigenvalue weighted by atomic mass is 35.5. The third kappa shape index (κ3) is 4.52. The number of hydrogen-bond donors (Lipinski definition) is 3. The third-order valence-electron chi connectivity index (χ3n) is 5.32. The number of methoxy groups -OCH3 is 1. The Balaban J connectivity index is 1.66. The van der Waals surface area contributed by atoms with E-state index in [1.54, 1.807) is 19.2 Å². The van der Waals surface area contributed by atoms with Gasteiger partial charge in [0.25, 0.3) is 5.91 Å². The maximum Gasteiger partial charge on any atom is 0.257 e. The van der Waals surface area contributed by atoms with Gasteiger partial charge >= 0.3 is 0 Å². The van der Waals surface area contributed by atoms with Crippen molar-refractivity contribution in [3.8, 4) is 16.9 Å². The molecule has 0 aromatic heterocycles. The lowest BCUT2D eigenvalue weighted by Gasteiger charge is -2.14. The number of alkyl halides is 1. The molecule has 1 aliphatic rings. The highest BCUT2D eigenvalue weighted by Crippen LogP contribution is 2.38. The van der Waals surface area contributed by atoms with Crippen molar-refractivity contribution in [3.63, 3.8) is 0 Å². The smallest absolute Gasteiger partial charge is 0.257 e. The Hall–Kier alpha value is -3.22. The minimum absolute atomic E-state index is 0.194. The summed E-state index contributed by atoms with van der Waals surface area (Å²) in [5.41, 5.74) is 10.4. The van der Waals surface area contributed by atoms with Gasteiger partial charge in [0.1, 0.15) is 5.75 Å². The molecule has 1 heterocycles. The fourth-order valence-electron chi connectivity index (χ4n) is 3.60. The van der Waals surface area contributed by atoms with Crippen LogP contribution in [-0.2, 0) is 4.79 Å². The van der Waals surface area contributed by atoms with Crippen LogP contribution in [0.1, 0.15) is 34.1 Å². The lowest BCUT2D eigenvalue weighted by Crippen LogP contribution is -2.12. The van der Waals surface area contributed by atoms with Gasteiger partial charge in [-0.05, 0) is 59.5 Å². The van der Waals surface area contributed by atoms with Crippen LogP contribution < -0.4 is 21.1 Å². The summed E-state index contributed by atoms with van der Waals surface area (Å²) >= 11 is 12.6. The molecule has 3 aromatic rings. The van der Waals surface area contributed by atoms with E-state index in [1.807, 2.05) is 42.5 Å². The van der Waals surface area contributed by atoms with E-state index in [2.05, 4.69) is 10.6 Å². The lowest BCUT2D eigenvalue weighted by atomic mass is 10.0. The first-order chi connectivity index (χ1) is 15.4. The van der Waals surface area contributed by atoms with Gasteiger partial charge in [0.2, 0.25) is 5.91 Å². The Morgan fingerprint density at radius 1 is 1.00 bits per heavy atom. The molecule has 6 nitrogen and oxygen atoms in total. The molecule has 0 radical (unpaired) electrons. The van der Waals surface area contributed by atoms with Crippen molar-refractivity contribution in [1.82, 2.24) is 0 Å². The minimum atomic E-state index is -0.398. The molecule has 0 bridgehead atoms. The number of rotatable bonds is 6. The van der Waals surface area contributed by atoms with E-state index >= 15 is 0 Å². The molecule has 4 N–H and O–H groups in total. The van der Waals surface area contributed by atoms with E-state index in [4.69, 9.17) is 33.7 Å². The summed E-state index contributed by atoms with van der Waals surface area (Å²) < 4.78 is 5.32. The molecule has 0 spiro atoms. The van der Waals surface area contributed by atoms with Crippen LogP contribution in [0.15, 0.2) is 54.6 Å².